The van der Waals surface area contributed by atoms with E-state index in [1.807, 2.05) is 30.3 Å². The van der Waals surface area contributed by atoms with Gasteiger partial charge in [0.25, 0.3) is 0 Å². The van der Waals surface area contributed by atoms with Crippen molar-refractivity contribution < 1.29 is 9.21 Å². The van der Waals surface area contributed by atoms with Crippen LogP contribution in [0.4, 0.5) is 0 Å². The van der Waals surface area contributed by atoms with Crippen molar-refractivity contribution in [3.05, 3.63) is 36.1 Å². The van der Waals surface area contributed by atoms with Gasteiger partial charge in [0.1, 0.15) is 12.0 Å². The largest absolute Gasteiger partial charge is 0.464 e. The number of benzene rings is 1. The standard InChI is InChI=1S/C13H12N2O2/c14-7-5-13(16)15-8-6-10-9-17-12-4-2-1-3-11(10)12/h1-4,9H,5-6,8H2,(H,15,16). The van der Waals surface area contributed by atoms with E-state index < -0.39 is 0 Å². The molecular formula is C13H12N2O2. The first-order chi connectivity index (χ1) is 8.31. The van der Waals surface area contributed by atoms with Crippen molar-refractivity contribution in [2.24, 2.45) is 0 Å². The topological polar surface area (TPSA) is 66.0 Å². The fourth-order valence-electron chi connectivity index (χ4n) is 1.70. The van der Waals surface area contributed by atoms with E-state index in [9.17, 15) is 4.79 Å². The zero-order valence-corrected chi connectivity index (χ0v) is 9.27. The fraction of sp³-hybridized carbons (Fsp3) is 0.231. The van der Waals surface area contributed by atoms with Gasteiger partial charge in [-0.2, -0.15) is 5.26 Å². The van der Waals surface area contributed by atoms with Crippen LogP contribution in [0, 0.1) is 11.3 Å². The smallest absolute Gasteiger partial charge is 0.234 e. The van der Waals surface area contributed by atoms with Crippen LogP contribution in [-0.2, 0) is 11.2 Å². The number of carbonyl (C=O) groups is 1. The van der Waals surface area contributed by atoms with Gasteiger partial charge in [-0.3, -0.25) is 4.79 Å². The summed E-state index contributed by atoms with van der Waals surface area (Å²) in [6, 6.07) is 9.59. The molecule has 1 N–H and O–H groups in total. The third-order valence-corrected chi connectivity index (χ3v) is 2.52. The summed E-state index contributed by atoms with van der Waals surface area (Å²) in [5.74, 6) is -0.236. The van der Waals surface area contributed by atoms with Crippen LogP contribution in [0.25, 0.3) is 11.0 Å². The Balaban J connectivity index is 1.96. The minimum atomic E-state index is -0.236. The molecule has 1 aromatic carbocycles. The number of nitrogens with zero attached hydrogens (tertiary/aromatic N) is 1. The van der Waals surface area contributed by atoms with Crippen molar-refractivity contribution in [3.63, 3.8) is 0 Å². The number of rotatable bonds is 4. The lowest BCUT2D eigenvalue weighted by Crippen LogP contribution is -2.24. The number of nitrogens with one attached hydrogen (secondary N) is 1. The molecule has 0 saturated carbocycles. The van der Waals surface area contributed by atoms with E-state index in [4.69, 9.17) is 9.68 Å². The van der Waals surface area contributed by atoms with Gasteiger partial charge in [0.2, 0.25) is 5.91 Å². The van der Waals surface area contributed by atoms with Crippen molar-refractivity contribution in [2.75, 3.05) is 6.54 Å². The van der Waals surface area contributed by atoms with Crippen LogP contribution in [-0.4, -0.2) is 12.5 Å². The number of para-hydroxylation sites is 1. The Hall–Kier alpha value is -2.28. The molecule has 1 amide bonds. The lowest BCUT2D eigenvalue weighted by Gasteiger charge is -2.00. The molecule has 0 aliphatic rings. The van der Waals surface area contributed by atoms with Gasteiger partial charge >= 0.3 is 0 Å². The molecule has 2 rings (SSSR count). The average molecular weight is 228 g/mol. The number of hydrogen-bond donors (Lipinski definition) is 1. The molecule has 0 aliphatic heterocycles. The first-order valence-electron chi connectivity index (χ1n) is 5.40. The minimum absolute atomic E-state index is 0.0911. The molecule has 0 radical (unpaired) electrons. The van der Waals surface area contributed by atoms with Crippen LogP contribution in [0.5, 0.6) is 0 Å². The zero-order valence-electron chi connectivity index (χ0n) is 9.27. The van der Waals surface area contributed by atoms with E-state index in [0.29, 0.717) is 13.0 Å². The first-order valence-corrected chi connectivity index (χ1v) is 5.40. The second kappa shape index (κ2) is 5.17. The lowest BCUT2D eigenvalue weighted by atomic mass is 10.1. The predicted octanol–water partition coefficient (Wildman–Crippen LogP) is 2.01. The molecule has 1 heterocycles. The van der Waals surface area contributed by atoms with Gasteiger partial charge < -0.3 is 9.73 Å². The van der Waals surface area contributed by atoms with Gasteiger partial charge in [0.05, 0.1) is 12.3 Å². The number of fused-ring (bicyclic) bond motifs is 1. The summed E-state index contributed by atoms with van der Waals surface area (Å²) in [5, 5.41) is 12.1. The van der Waals surface area contributed by atoms with Gasteiger partial charge in [-0.05, 0) is 18.1 Å². The molecule has 2 aromatic rings. The zero-order chi connectivity index (χ0) is 12.1. The molecule has 0 spiro atoms. The number of carbonyl (C=O) groups excluding carboxylic acids is 1. The summed E-state index contributed by atoms with van der Waals surface area (Å²) >= 11 is 0. The van der Waals surface area contributed by atoms with Crippen LogP contribution < -0.4 is 5.32 Å². The van der Waals surface area contributed by atoms with E-state index in [0.717, 1.165) is 16.5 Å². The number of nitriles is 1. The van der Waals surface area contributed by atoms with Crippen LogP contribution in [0.2, 0.25) is 0 Å². The van der Waals surface area contributed by atoms with Crippen LogP contribution in [0.1, 0.15) is 12.0 Å². The van der Waals surface area contributed by atoms with E-state index in [2.05, 4.69) is 5.32 Å². The molecular weight excluding hydrogens is 216 g/mol. The Labute approximate surface area is 98.8 Å². The second-order valence-corrected chi connectivity index (χ2v) is 3.69. The highest BCUT2D eigenvalue weighted by atomic mass is 16.3. The Morgan fingerprint density at radius 3 is 3.06 bits per heavy atom. The molecule has 0 atom stereocenters. The normalized spacial score (nSPS) is 10.1. The van der Waals surface area contributed by atoms with Crippen LogP contribution >= 0.6 is 0 Å². The Kier molecular flexibility index (Phi) is 3.41. The summed E-state index contributed by atoms with van der Waals surface area (Å²) in [4.78, 5) is 11.1. The molecule has 0 saturated heterocycles. The molecule has 0 unspecified atom stereocenters. The molecule has 86 valence electrons. The molecule has 4 heteroatoms. The molecule has 4 nitrogen and oxygen atoms in total. The summed E-state index contributed by atoms with van der Waals surface area (Å²) in [5.41, 5.74) is 1.92. The summed E-state index contributed by atoms with van der Waals surface area (Å²) in [6.07, 6.45) is 2.32. The van der Waals surface area contributed by atoms with Crippen molar-refractivity contribution in [1.82, 2.24) is 5.32 Å². The highest BCUT2D eigenvalue weighted by Crippen LogP contribution is 2.20. The molecule has 0 fully saturated rings. The van der Waals surface area contributed by atoms with Crippen LogP contribution in [0.15, 0.2) is 34.9 Å². The highest BCUT2D eigenvalue weighted by Gasteiger charge is 2.05. The van der Waals surface area contributed by atoms with Crippen molar-refractivity contribution in [2.45, 2.75) is 12.8 Å². The van der Waals surface area contributed by atoms with Crippen molar-refractivity contribution >= 4 is 16.9 Å². The van der Waals surface area contributed by atoms with Gasteiger partial charge in [-0.25, -0.2) is 0 Å². The molecule has 17 heavy (non-hydrogen) atoms. The Bertz CT molecular complexity index is 566. The van der Waals surface area contributed by atoms with Crippen molar-refractivity contribution in [3.8, 4) is 6.07 Å². The van der Waals surface area contributed by atoms with Crippen molar-refractivity contribution in [1.29, 1.82) is 5.26 Å². The number of amides is 1. The van der Waals surface area contributed by atoms with E-state index in [1.54, 1.807) is 6.26 Å². The third kappa shape index (κ3) is 2.64. The second-order valence-electron chi connectivity index (χ2n) is 3.69. The highest BCUT2D eigenvalue weighted by molar-refractivity contribution is 5.81. The summed E-state index contributed by atoms with van der Waals surface area (Å²) in [7, 11) is 0. The monoisotopic (exact) mass is 228 g/mol. The summed E-state index contributed by atoms with van der Waals surface area (Å²) in [6.45, 7) is 0.518. The van der Waals surface area contributed by atoms with Gasteiger partial charge in [0.15, 0.2) is 0 Å². The molecule has 0 aliphatic carbocycles. The predicted molar refractivity (Wildman–Crippen MR) is 63.2 cm³/mol. The average Bonchev–Trinajstić information content (AvgIpc) is 2.73. The van der Waals surface area contributed by atoms with E-state index in [-0.39, 0.29) is 12.3 Å². The molecule has 0 bridgehead atoms. The summed E-state index contributed by atoms with van der Waals surface area (Å²) < 4.78 is 5.39. The number of hydrogen-bond acceptors (Lipinski definition) is 3. The van der Waals surface area contributed by atoms with E-state index >= 15 is 0 Å². The maximum Gasteiger partial charge on any atom is 0.234 e. The minimum Gasteiger partial charge on any atom is -0.464 e. The van der Waals surface area contributed by atoms with Crippen LogP contribution in [0.3, 0.4) is 0 Å². The number of furan rings is 1. The SMILES string of the molecule is N#CCC(=O)NCCc1coc2ccccc12. The first kappa shape index (κ1) is 11.2. The van der Waals surface area contributed by atoms with E-state index in [1.165, 1.54) is 0 Å². The fourth-order valence-corrected chi connectivity index (χ4v) is 1.70. The van der Waals surface area contributed by atoms with Gasteiger partial charge in [-0.15, -0.1) is 0 Å². The Morgan fingerprint density at radius 1 is 1.41 bits per heavy atom. The van der Waals surface area contributed by atoms with Gasteiger partial charge in [0, 0.05) is 11.9 Å². The maximum absolute atomic E-state index is 11.1. The molecule has 1 aromatic heterocycles. The lowest BCUT2D eigenvalue weighted by molar-refractivity contribution is -0.120. The Morgan fingerprint density at radius 2 is 2.24 bits per heavy atom. The quantitative estimate of drug-likeness (QED) is 0.870. The van der Waals surface area contributed by atoms with Gasteiger partial charge in [-0.1, -0.05) is 18.2 Å². The maximum atomic E-state index is 11.1. The third-order valence-electron chi connectivity index (χ3n) is 2.52.